The van der Waals surface area contributed by atoms with E-state index in [0.29, 0.717) is 13.0 Å². The largest absolute Gasteiger partial charge is 0.480 e. The number of carbonyl (C=O) groups excluding carboxylic acids is 4. The second-order valence-electron chi connectivity index (χ2n) is 8.99. The lowest BCUT2D eigenvalue weighted by Gasteiger charge is -2.17. The Morgan fingerprint density at radius 2 is 1.03 bits per heavy atom. The van der Waals surface area contributed by atoms with E-state index in [-0.39, 0.29) is 51.0 Å². The number of nitrogens with one attached hydrogen (secondary N) is 4. The molecule has 0 rings (SSSR count). The van der Waals surface area contributed by atoms with Crippen LogP contribution in [0.15, 0.2) is 0 Å². The summed E-state index contributed by atoms with van der Waals surface area (Å²) in [4.78, 5) is 81.3. The molecule has 222 valence electrons. The molecule has 0 aliphatic rings. The SMILES string of the molecule is CCCCCNC(=O)CCCNC(=O)CC[C@H](NC(=O)CC[C@H](NC(=O)CCC(N)C(=O)O)C(=O)O)C(=O)O. The van der Waals surface area contributed by atoms with E-state index in [4.69, 9.17) is 10.8 Å². The molecule has 39 heavy (non-hydrogen) atoms. The summed E-state index contributed by atoms with van der Waals surface area (Å²) in [6, 6.07) is -4.14. The van der Waals surface area contributed by atoms with Gasteiger partial charge in [-0.1, -0.05) is 19.8 Å². The third-order valence-corrected chi connectivity index (χ3v) is 5.59. The molecule has 0 aliphatic carbocycles. The van der Waals surface area contributed by atoms with Crippen LogP contribution in [0.5, 0.6) is 0 Å². The molecule has 3 atom stereocenters. The van der Waals surface area contributed by atoms with Crippen LogP contribution in [0.4, 0.5) is 0 Å². The zero-order chi connectivity index (χ0) is 29.8. The third-order valence-electron chi connectivity index (χ3n) is 5.59. The van der Waals surface area contributed by atoms with Crippen LogP contribution in [0.2, 0.25) is 0 Å². The minimum atomic E-state index is -1.46. The van der Waals surface area contributed by atoms with Gasteiger partial charge in [-0.05, 0) is 32.1 Å². The van der Waals surface area contributed by atoms with Gasteiger partial charge >= 0.3 is 17.9 Å². The van der Waals surface area contributed by atoms with Gasteiger partial charge in [0, 0.05) is 38.8 Å². The van der Waals surface area contributed by atoms with E-state index in [1.165, 1.54) is 0 Å². The Morgan fingerprint density at radius 1 is 0.590 bits per heavy atom. The lowest BCUT2D eigenvalue weighted by molar-refractivity contribution is -0.143. The summed E-state index contributed by atoms with van der Waals surface area (Å²) < 4.78 is 0. The first-order chi connectivity index (χ1) is 18.4. The summed E-state index contributed by atoms with van der Waals surface area (Å²) in [5.41, 5.74) is 5.29. The van der Waals surface area contributed by atoms with E-state index in [1.54, 1.807) is 0 Å². The number of aliphatic carboxylic acids is 3. The predicted molar refractivity (Wildman–Crippen MR) is 137 cm³/mol. The van der Waals surface area contributed by atoms with Crippen molar-refractivity contribution in [3.05, 3.63) is 0 Å². The van der Waals surface area contributed by atoms with Gasteiger partial charge in [-0.3, -0.25) is 24.0 Å². The number of carboxylic acid groups (broad SMARTS) is 3. The highest BCUT2D eigenvalue weighted by atomic mass is 16.4. The maximum absolute atomic E-state index is 12.2. The van der Waals surface area contributed by atoms with Gasteiger partial charge in [-0.25, -0.2) is 9.59 Å². The van der Waals surface area contributed by atoms with Crippen LogP contribution < -0.4 is 27.0 Å². The Kier molecular flexibility index (Phi) is 18.3. The lowest BCUT2D eigenvalue weighted by atomic mass is 10.1. The molecular formula is C24H41N5O10. The summed E-state index contributed by atoms with van der Waals surface area (Å²) in [5, 5.41) is 37.1. The van der Waals surface area contributed by atoms with Crippen molar-refractivity contribution in [2.24, 2.45) is 5.73 Å². The van der Waals surface area contributed by atoms with Crippen molar-refractivity contribution in [1.82, 2.24) is 21.3 Å². The molecule has 0 aliphatic heterocycles. The van der Waals surface area contributed by atoms with Gasteiger partial charge in [0.25, 0.3) is 0 Å². The van der Waals surface area contributed by atoms with E-state index in [1.807, 2.05) is 0 Å². The topological polar surface area (TPSA) is 254 Å². The fourth-order valence-electron chi connectivity index (χ4n) is 3.27. The van der Waals surface area contributed by atoms with Crippen LogP contribution >= 0.6 is 0 Å². The van der Waals surface area contributed by atoms with Crippen LogP contribution in [0.25, 0.3) is 0 Å². The molecule has 15 nitrogen and oxygen atoms in total. The minimum Gasteiger partial charge on any atom is -0.480 e. The Bertz CT molecular complexity index is 851. The highest BCUT2D eigenvalue weighted by Crippen LogP contribution is 2.04. The molecule has 0 heterocycles. The highest BCUT2D eigenvalue weighted by Gasteiger charge is 2.25. The standard InChI is InChI=1S/C24H41N5O10/c1-2-3-4-13-26-18(30)6-5-14-27-19(31)11-8-16(23(36)37)29-21(33)12-9-17(24(38)39)28-20(32)10-7-15(25)22(34)35/h15-17H,2-14,25H2,1H3,(H,26,30)(H,27,31)(H,28,32)(H,29,33)(H,34,35)(H,36,37)(H,38,39)/t15?,16-,17-/m0/s1. The fraction of sp³-hybridized carbons (Fsp3) is 0.708. The lowest BCUT2D eigenvalue weighted by Crippen LogP contribution is -2.44. The minimum absolute atomic E-state index is 0.110. The average molecular weight is 560 g/mol. The maximum Gasteiger partial charge on any atom is 0.326 e. The number of nitrogens with two attached hydrogens (primary N) is 1. The molecule has 0 aromatic heterocycles. The van der Waals surface area contributed by atoms with Crippen LogP contribution in [0.1, 0.15) is 77.6 Å². The zero-order valence-corrected chi connectivity index (χ0v) is 22.2. The number of unbranched alkanes of at least 4 members (excludes halogenated alkanes) is 2. The Labute approximate surface area is 226 Å². The van der Waals surface area contributed by atoms with Crippen molar-refractivity contribution in [3.63, 3.8) is 0 Å². The fourth-order valence-corrected chi connectivity index (χ4v) is 3.27. The van der Waals surface area contributed by atoms with E-state index in [9.17, 15) is 43.8 Å². The third kappa shape index (κ3) is 18.2. The van der Waals surface area contributed by atoms with Crippen LogP contribution in [0, 0.1) is 0 Å². The molecule has 0 aromatic rings. The number of amides is 4. The molecular weight excluding hydrogens is 518 g/mol. The average Bonchev–Trinajstić information content (AvgIpc) is 2.87. The molecule has 0 fully saturated rings. The molecule has 0 saturated heterocycles. The highest BCUT2D eigenvalue weighted by molar-refractivity contribution is 5.86. The van der Waals surface area contributed by atoms with Gasteiger partial charge in [0.05, 0.1) is 0 Å². The molecule has 9 N–H and O–H groups in total. The van der Waals surface area contributed by atoms with E-state index in [2.05, 4.69) is 28.2 Å². The number of rotatable bonds is 22. The van der Waals surface area contributed by atoms with Gasteiger partial charge in [-0.2, -0.15) is 0 Å². The molecule has 1 unspecified atom stereocenters. The summed E-state index contributed by atoms with van der Waals surface area (Å²) in [6.45, 7) is 2.90. The maximum atomic E-state index is 12.2. The molecule has 0 aromatic carbocycles. The Balaban J connectivity index is 4.42. The summed E-state index contributed by atoms with van der Waals surface area (Å²) >= 11 is 0. The van der Waals surface area contributed by atoms with Crippen molar-refractivity contribution in [2.75, 3.05) is 13.1 Å². The first-order valence-electron chi connectivity index (χ1n) is 12.9. The smallest absolute Gasteiger partial charge is 0.326 e. The number of hydrogen-bond donors (Lipinski definition) is 8. The van der Waals surface area contributed by atoms with Gasteiger partial charge in [0.2, 0.25) is 23.6 Å². The van der Waals surface area contributed by atoms with Crippen molar-refractivity contribution in [1.29, 1.82) is 0 Å². The van der Waals surface area contributed by atoms with Gasteiger partial charge in [0.15, 0.2) is 0 Å². The number of carboxylic acids is 3. The first kappa shape index (κ1) is 35.2. The zero-order valence-electron chi connectivity index (χ0n) is 22.2. The van der Waals surface area contributed by atoms with E-state index in [0.717, 1.165) is 19.3 Å². The summed E-state index contributed by atoms with van der Waals surface area (Å²) in [6.07, 6.45) is 1.90. The van der Waals surface area contributed by atoms with E-state index >= 15 is 0 Å². The Hall–Kier alpha value is -3.75. The first-order valence-corrected chi connectivity index (χ1v) is 12.9. The van der Waals surface area contributed by atoms with Crippen molar-refractivity contribution >= 4 is 41.5 Å². The summed E-state index contributed by atoms with van der Waals surface area (Å²) in [5.74, 6) is -6.23. The molecule has 0 saturated carbocycles. The van der Waals surface area contributed by atoms with Crippen molar-refractivity contribution in [3.8, 4) is 0 Å². The van der Waals surface area contributed by atoms with Gasteiger partial charge in [-0.15, -0.1) is 0 Å². The molecule has 4 amide bonds. The normalized spacial score (nSPS) is 12.9. The quantitative estimate of drug-likeness (QED) is 0.0752. The van der Waals surface area contributed by atoms with Crippen LogP contribution in [0.3, 0.4) is 0 Å². The molecule has 0 bridgehead atoms. The Morgan fingerprint density at radius 3 is 1.49 bits per heavy atom. The van der Waals surface area contributed by atoms with Gasteiger partial charge in [0.1, 0.15) is 18.1 Å². The second-order valence-corrected chi connectivity index (χ2v) is 8.99. The van der Waals surface area contributed by atoms with Crippen LogP contribution in [-0.2, 0) is 33.6 Å². The summed E-state index contributed by atoms with van der Waals surface area (Å²) in [7, 11) is 0. The van der Waals surface area contributed by atoms with E-state index < -0.39 is 60.2 Å². The van der Waals surface area contributed by atoms with Crippen molar-refractivity contribution in [2.45, 2.75) is 95.7 Å². The molecule has 15 heteroatoms. The predicted octanol–water partition coefficient (Wildman–Crippen LogP) is -0.919. The second kappa shape index (κ2) is 20.2. The molecule has 0 spiro atoms. The molecule has 0 radical (unpaired) electrons. The number of carbonyl (C=O) groups is 7. The van der Waals surface area contributed by atoms with Crippen molar-refractivity contribution < 1.29 is 48.9 Å². The number of hydrogen-bond acceptors (Lipinski definition) is 8. The van der Waals surface area contributed by atoms with Gasteiger partial charge < -0.3 is 42.3 Å². The van der Waals surface area contributed by atoms with Crippen LogP contribution in [-0.4, -0.2) is 88.1 Å². The monoisotopic (exact) mass is 559 g/mol.